The van der Waals surface area contributed by atoms with Crippen LogP contribution in [-0.4, -0.2) is 56.4 Å². The number of amides is 3. The monoisotopic (exact) mass is 507 g/mol. The number of aliphatic hydroxyl groups is 1. The van der Waals surface area contributed by atoms with Crippen LogP contribution < -0.4 is 10.6 Å². The van der Waals surface area contributed by atoms with Gasteiger partial charge >= 0.3 is 0 Å². The fourth-order valence-electron chi connectivity index (χ4n) is 6.36. The van der Waals surface area contributed by atoms with Gasteiger partial charge in [0.15, 0.2) is 0 Å². The fraction of sp³-hybridized carbons (Fsp3) is 0.464. The normalized spacial score (nSPS) is 29.2. The van der Waals surface area contributed by atoms with Gasteiger partial charge in [-0.15, -0.1) is 11.8 Å². The topological polar surface area (TPSA) is 98.7 Å². The highest BCUT2D eigenvalue weighted by Crippen LogP contribution is 2.66. The summed E-state index contributed by atoms with van der Waals surface area (Å²) in [6.45, 7) is 5.80. The Bertz CT molecular complexity index is 1170. The molecule has 2 bridgehead atoms. The van der Waals surface area contributed by atoms with Crippen LogP contribution in [0.3, 0.4) is 0 Å². The van der Waals surface area contributed by atoms with Gasteiger partial charge in [0.1, 0.15) is 6.04 Å². The molecule has 3 saturated heterocycles. The molecule has 3 N–H and O–H groups in total. The van der Waals surface area contributed by atoms with E-state index in [9.17, 15) is 19.5 Å². The number of fused-ring (bicyclic) bond motifs is 1. The molecule has 7 nitrogen and oxygen atoms in total. The van der Waals surface area contributed by atoms with Crippen molar-refractivity contribution in [2.45, 2.75) is 62.2 Å². The second-order valence-corrected chi connectivity index (χ2v) is 11.9. The third-order valence-corrected chi connectivity index (χ3v) is 10.0. The number of hydrogen-bond donors (Lipinski definition) is 3. The largest absolute Gasteiger partial charge is 0.394 e. The summed E-state index contributed by atoms with van der Waals surface area (Å²) in [5.74, 6) is -1.66. The number of para-hydroxylation sites is 1. The lowest BCUT2D eigenvalue weighted by Crippen LogP contribution is -2.54. The van der Waals surface area contributed by atoms with Crippen LogP contribution in [-0.2, 0) is 20.9 Å². The SMILES string of the molecule is Cc1cccc(C)c1NC(=O)C1N([C@H](C)CO)C(=O)[C@@H]2[C@@H](C(=O)NCc3ccccc3)[C@H]3CCC12S3. The summed E-state index contributed by atoms with van der Waals surface area (Å²) in [4.78, 5) is 42.8. The lowest BCUT2D eigenvalue weighted by molar-refractivity contribution is -0.141. The molecule has 0 aliphatic carbocycles. The Balaban J connectivity index is 1.45. The lowest BCUT2D eigenvalue weighted by Gasteiger charge is -2.36. The number of rotatable bonds is 7. The smallest absolute Gasteiger partial charge is 0.248 e. The number of benzene rings is 2. The van der Waals surface area contributed by atoms with Gasteiger partial charge in [-0.25, -0.2) is 0 Å². The molecule has 0 aromatic heterocycles. The van der Waals surface area contributed by atoms with Gasteiger partial charge in [-0.05, 0) is 50.3 Å². The Morgan fingerprint density at radius 3 is 2.47 bits per heavy atom. The molecular weight excluding hydrogens is 474 g/mol. The summed E-state index contributed by atoms with van der Waals surface area (Å²) in [6.07, 6.45) is 1.48. The minimum Gasteiger partial charge on any atom is -0.394 e. The maximum atomic E-state index is 13.9. The van der Waals surface area contributed by atoms with Crippen LogP contribution in [0.2, 0.25) is 0 Å². The highest BCUT2D eigenvalue weighted by Gasteiger charge is 2.74. The summed E-state index contributed by atoms with van der Waals surface area (Å²) >= 11 is 1.63. The predicted molar refractivity (Wildman–Crippen MR) is 140 cm³/mol. The Morgan fingerprint density at radius 2 is 1.81 bits per heavy atom. The Kier molecular flexibility index (Phi) is 6.59. The van der Waals surface area contributed by atoms with Gasteiger partial charge in [0.05, 0.1) is 29.2 Å². The molecule has 0 radical (unpaired) electrons. The predicted octanol–water partition coefficient (Wildman–Crippen LogP) is 3.03. The number of carbonyl (C=O) groups excluding carboxylic acids is 3. The van der Waals surface area contributed by atoms with E-state index in [1.165, 1.54) is 0 Å². The average molecular weight is 508 g/mol. The molecule has 3 heterocycles. The van der Waals surface area contributed by atoms with Crippen molar-refractivity contribution in [3.05, 3.63) is 65.2 Å². The van der Waals surface area contributed by atoms with Crippen molar-refractivity contribution in [3.8, 4) is 0 Å². The van der Waals surface area contributed by atoms with Crippen LogP contribution in [0.25, 0.3) is 0 Å². The second-order valence-electron chi connectivity index (χ2n) is 10.3. The van der Waals surface area contributed by atoms with Crippen molar-refractivity contribution >= 4 is 35.2 Å². The van der Waals surface area contributed by atoms with Crippen molar-refractivity contribution in [2.75, 3.05) is 11.9 Å². The summed E-state index contributed by atoms with van der Waals surface area (Å²) in [5, 5.41) is 16.1. The molecule has 3 fully saturated rings. The molecule has 36 heavy (non-hydrogen) atoms. The zero-order chi connectivity index (χ0) is 25.6. The number of anilines is 1. The molecule has 2 aromatic carbocycles. The standard InChI is InChI=1S/C28H33N3O4S/c1-16-8-7-9-17(2)23(16)30-26(34)24-28-13-12-20(36-28)21(22(28)27(35)31(24)18(3)15-32)25(33)29-14-19-10-5-4-6-11-19/h4-11,18,20-22,24,32H,12-15H2,1-3H3,(H,29,33)(H,30,34)/t18-,20-,21+,22+,24?,28?/m1/s1. The first-order valence-electron chi connectivity index (χ1n) is 12.6. The van der Waals surface area contributed by atoms with E-state index in [1.807, 2.05) is 62.4 Å². The maximum absolute atomic E-state index is 13.9. The maximum Gasteiger partial charge on any atom is 0.248 e. The number of carbonyl (C=O) groups is 3. The van der Waals surface area contributed by atoms with Crippen LogP contribution >= 0.6 is 11.8 Å². The van der Waals surface area contributed by atoms with Crippen LogP contribution in [0.5, 0.6) is 0 Å². The molecule has 3 aliphatic rings. The molecule has 2 aromatic rings. The highest BCUT2D eigenvalue weighted by atomic mass is 32.2. The van der Waals surface area contributed by atoms with E-state index in [4.69, 9.17) is 0 Å². The molecule has 5 rings (SSSR count). The number of nitrogens with zero attached hydrogens (tertiary/aromatic N) is 1. The van der Waals surface area contributed by atoms with Crippen molar-refractivity contribution in [3.63, 3.8) is 0 Å². The van der Waals surface area contributed by atoms with Gasteiger partial charge in [-0.2, -0.15) is 0 Å². The molecule has 8 heteroatoms. The lowest BCUT2D eigenvalue weighted by atomic mass is 9.70. The zero-order valence-electron chi connectivity index (χ0n) is 20.9. The van der Waals surface area contributed by atoms with Crippen molar-refractivity contribution in [1.82, 2.24) is 10.2 Å². The minimum absolute atomic E-state index is 0.00296. The van der Waals surface area contributed by atoms with E-state index in [0.29, 0.717) is 13.0 Å². The zero-order valence-corrected chi connectivity index (χ0v) is 21.7. The molecule has 0 saturated carbocycles. The van der Waals surface area contributed by atoms with Gasteiger partial charge in [0, 0.05) is 17.5 Å². The fourth-order valence-corrected chi connectivity index (χ4v) is 8.57. The van der Waals surface area contributed by atoms with Gasteiger partial charge in [-0.1, -0.05) is 48.5 Å². The molecule has 3 amide bonds. The number of hydrogen-bond acceptors (Lipinski definition) is 5. The van der Waals surface area contributed by atoms with Crippen LogP contribution in [0.1, 0.15) is 36.5 Å². The number of thioether (sulfide) groups is 1. The van der Waals surface area contributed by atoms with E-state index in [2.05, 4.69) is 10.6 Å². The molecule has 1 spiro atoms. The van der Waals surface area contributed by atoms with Crippen LogP contribution in [0.15, 0.2) is 48.5 Å². The molecule has 190 valence electrons. The number of likely N-dealkylation sites (tertiary alicyclic amines) is 1. The van der Waals surface area contributed by atoms with Gasteiger partial charge in [0.25, 0.3) is 0 Å². The quantitative estimate of drug-likeness (QED) is 0.535. The average Bonchev–Trinajstić information content (AvgIpc) is 3.52. The van der Waals surface area contributed by atoms with Gasteiger partial charge in [-0.3, -0.25) is 14.4 Å². The number of aryl methyl sites for hydroxylation is 2. The van der Waals surface area contributed by atoms with Crippen molar-refractivity contribution in [1.29, 1.82) is 0 Å². The Morgan fingerprint density at radius 1 is 1.11 bits per heavy atom. The molecule has 3 aliphatic heterocycles. The Labute approximate surface area is 216 Å². The summed E-state index contributed by atoms with van der Waals surface area (Å²) in [5.41, 5.74) is 3.65. The van der Waals surface area contributed by atoms with Crippen molar-refractivity contribution in [2.24, 2.45) is 11.8 Å². The molecule has 2 unspecified atom stereocenters. The molecular formula is C28H33N3O4S. The van der Waals surface area contributed by atoms with Gasteiger partial charge in [0.2, 0.25) is 17.7 Å². The number of nitrogens with one attached hydrogen (secondary N) is 2. The third-order valence-electron chi connectivity index (χ3n) is 8.07. The number of aliphatic hydroxyl groups excluding tert-OH is 1. The first-order chi connectivity index (χ1) is 17.3. The van der Waals surface area contributed by atoms with E-state index in [1.54, 1.807) is 23.6 Å². The minimum atomic E-state index is -0.752. The molecule has 6 atom stereocenters. The van der Waals surface area contributed by atoms with Crippen molar-refractivity contribution < 1.29 is 19.5 Å². The first-order valence-corrected chi connectivity index (χ1v) is 13.5. The van der Waals surface area contributed by atoms with E-state index >= 15 is 0 Å². The van der Waals surface area contributed by atoms with Crippen LogP contribution in [0, 0.1) is 25.7 Å². The summed E-state index contributed by atoms with van der Waals surface area (Å²) in [7, 11) is 0. The second kappa shape index (κ2) is 9.56. The Hall–Kier alpha value is -2.84. The first kappa shape index (κ1) is 24.8. The van der Waals surface area contributed by atoms with Crippen LogP contribution in [0.4, 0.5) is 5.69 Å². The highest BCUT2D eigenvalue weighted by molar-refractivity contribution is 8.02. The van der Waals surface area contributed by atoms with E-state index in [0.717, 1.165) is 28.8 Å². The summed E-state index contributed by atoms with van der Waals surface area (Å²) in [6, 6.07) is 14.3. The third kappa shape index (κ3) is 3.91. The summed E-state index contributed by atoms with van der Waals surface area (Å²) < 4.78 is -0.680. The van der Waals surface area contributed by atoms with E-state index in [-0.39, 0.29) is 29.6 Å². The van der Waals surface area contributed by atoms with E-state index < -0.39 is 28.7 Å². The van der Waals surface area contributed by atoms with Gasteiger partial charge < -0.3 is 20.6 Å².